The lowest BCUT2D eigenvalue weighted by Gasteiger charge is -2.32. The summed E-state index contributed by atoms with van der Waals surface area (Å²) < 4.78 is 19.4. The number of halogens is 1. The van der Waals surface area contributed by atoms with E-state index in [0.717, 1.165) is 12.0 Å². The Hall–Kier alpha value is -3.94. The Labute approximate surface area is 196 Å². The lowest BCUT2D eigenvalue weighted by Crippen LogP contribution is -2.44. The zero-order valence-electron chi connectivity index (χ0n) is 18.8. The summed E-state index contributed by atoms with van der Waals surface area (Å²) >= 11 is 0. The number of hydrogen-bond acceptors (Lipinski definition) is 4. The minimum Gasteiger partial charge on any atom is -0.469 e. The molecule has 3 aromatic rings. The molecule has 0 radical (unpaired) electrons. The van der Waals surface area contributed by atoms with Crippen molar-refractivity contribution in [1.29, 1.82) is 0 Å². The van der Waals surface area contributed by atoms with E-state index in [1.807, 2.05) is 30.3 Å². The van der Waals surface area contributed by atoms with Crippen LogP contribution >= 0.6 is 0 Å². The van der Waals surface area contributed by atoms with E-state index in [0.29, 0.717) is 42.9 Å². The standard InChI is InChI=1S/C26H26FN3O4/c1-17-21(11-13-34-17)26(33)29-23-15-20(9-10-22(23)27)28-25(32)19-8-5-12-30(16-19)24(31)14-18-6-3-2-4-7-18/h2-4,6-7,9-11,13,15,19H,5,8,12,14,16H2,1H3,(H,28,32)(H,29,33). The van der Waals surface area contributed by atoms with Gasteiger partial charge in [0.1, 0.15) is 11.6 Å². The highest BCUT2D eigenvalue weighted by Crippen LogP contribution is 2.24. The first-order valence-electron chi connectivity index (χ1n) is 11.2. The van der Waals surface area contributed by atoms with Crippen molar-refractivity contribution in [2.45, 2.75) is 26.2 Å². The van der Waals surface area contributed by atoms with E-state index in [2.05, 4.69) is 10.6 Å². The van der Waals surface area contributed by atoms with Gasteiger partial charge >= 0.3 is 0 Å². The molecule has 2 N–H and O–H groups in total. The first-order valence-corrected chi connectivity index (χ1v) is 11.2. The Morgan fingerprint density at radius 1 is 1.09 bits per heavy atom. The van der Waals surface area contributed by atoms with Crippen LogP contribution in [0.1, 0.15) is 34.5 Å². The van der Waals surface area contributed by atoms with Gasteiger partial charge in [-0.05, 0) is 49.6 Å². The zero-order valence-corrected chi connectivity index (χ0v) is 18.8. The Morgan fingerprint density at radius 2 is 1.88 bits per heavy atom. The maximum atomic E-state index is 14.3. The highest BCUT2D eigenvalue weighted by molar-refractivity contribution is 6.05. The molecular weight excluding hydrogens is 437 g/mol. The van der Waals surface area contributed by atoms with Crippen LogP contribution in [-0.2, 0) is 16.0 Å². The van der Waals surface area contributed by atoms with Crippen LogP contribution in [0, 0.1) is 18.7 Å². The van der Waals surface area contributed by atoms with E-state index >= 15 is 0 Å². The first-order chi connectivity index (χ1) is 16.4. The fourth-order valence-corrected chi connectivity index (χ4v) is 4.05. The number of carbonyl (C=O) groups is 3. The molecule has 1 fully saturated rings. The number of piperidine rings is 1. The number of amides is 3. The average Bonchev–Trinajstić information content (AvgIpc) is 3.28. The van der Waals surface area contributed by atoms with Crippen LogP contribution in [-0.4, -0.2) is 35.7 Å². The van der Waals surface area contributed by atoms with Gasteiger partial charge in [-0.2, -0.15) is 0 Å². The molecule has 8 heteroatoms. The number of aryl methyl sites for hydroxylation is 1. The number of anilines is 2. The number of rotatable bonds is 6. The predicted octanol–water partition coefficient (Wildman–Crippen LogP) is 4.40. The van der Waals surface area contributed by atoms with Gasteiger partial charge in [0, 0.05) is 18.8 Å². The Morgan fingerprint density at radius 3 is 2.62 bits per heavy atom. The molecule has 34 heavy (non-hydrogen) atoms. The van der Waals surface area contributed by atoms with Gasteiger partial charge in [-0.15, -0.1) is 0 Å². The smallest absolute Gasteiger partial charge is 0.259 e. The molecule has 1 aromatic heterocycles. The molecule has 0 bridgehead atoms. The van der Waals surface area contributed by atoms with Crippen molar-refractivity contribution in [2.75, 3.05) is 23.7 Å². The molecule has 0 saturated carbocycles. The molecular formula is C26H26FN3O4. The molecule has 7 nitrogen and oxygen atoms in total. The fraction of sp³-hybridized carbons (Fsp3) is 0.269. The predicted molar refractivity (Wildman–Crippen MR) is 126 cm³/mol. The van der Waals surface area contributed by atoms with E-state index in [-0.39, 0.29) is 23.4 Å². The molecule has 1 unspecified atom stereocenters. The van der Waals surface area contributed by atoms with Gasteiger partial charge in [0.15, 0.2) is 0 Å². The summed E-state index contributed by atoms with van der Waals surface area (Å²) in [7, 11) is 0. The number of benzene rings is 2. The number of furan rings is 1. The summed E-state index contributed by atoms with van der Waals surface area (Å²) in [6.45, 7) is 2.59. The summed E-state index contributed by atoms with van der Waals surface area (Å²) in [5.74, 6) is -1.33. The monoisotopic (exact) mass is 463 g/mol. The molecule has 1 aliphatic rings. The van der Waals surface area contributed by atoms with E-state index in [4.69, 9.17) is 4.42 Å². The van der Waals surface area contributed by atoms with Gasteiger partial charge in [0.05, 0.1) is 29.9 Å². The Bertz CT molecular complexity index is 1190. The van der Waals surface area contributed by atoms with Gasteiger partial charge in [0.2, 0.25) is 11.8 Å². The number of likely N-dealkylation sites (tertiary alicyclic amines) is 1. The molecule has 1 saturated heterocycles. The van der Waals surface area contributed by atoms with Crippen molar-refractivity contribution in [1.82, 2.24) is 4.90 Å². The van der Waals surface area contributed by atoms with Crippen LogP contribution in [0.2, 0.25) is 0 Å². The highest BCUT2D eigenvalue weighted by atomic mass is 19.1. The molecule has 1 atom stereocenters. The fourth-order valence-electron chi connectivity index (χ4n) is 4.05. The van der Waals surface area contributed by atoms with Gasteiger partial charge < -0.3 is 20.0 Å². The molecule has 4 rings (SSSR count). The third kappa shape index (κ3) is 5.51. The first kappa shape index (κ1) is 23.2. The molecule has 176 valence electrons. The maximum absolute atomic E-state index is 14.3. The molecule has 0 spiro atoms. The third-order valence-electron chi connectivity index (χ3n) is 5.93. The van der Waals surface area contributed by atoms with Crippen molar-refractivity contribution < 1.29 is 23.2 Å². The Kier molecular flexibility index (Phi) is 7.06. The van der Waals surface area contributed by atoms with Crippen molar-refractivity contribution in [3.05, 3.63) is 83.6 Å². The van der Waals surface area contributed by atoms with E-state index in [1.54, 1.807) is 11.8 Å². The summed E-state index contributed by atoms with van der Waals surface area (Å²) in [5.41, 5.74) is 1.55. The Balaban J connectivity index is 1.38. The summed E-state index contributed by atoms with van der Waals surface area (Å²) in [4.78, 5) is 39.7. The van der Waals surface area contributed by atoms with Crippen LogP contribution in [0.3, 0.4) is 0 Å². The largest absolute Gasteiger partial charge is 0.469 e. The number of hydrogen-bond donors (Lipinski definition) is 2. The number of nitrogens with zero attached hydrogens (tertiary/aromatic N) is 1. The second kappa shape index (κ2) is 10.3. The van der Waals surface area contributed by atoms with Crippen molar-refractivity contribution in [3.63, 3.8) is 0 Å². The van der Waals surface area contributed by atoms with Gasteiger partial charge in [-0.3, -0.25) is 14.4 Å². The second-order valence-electron chi connectivity index (χ2n) is 8.37. The maximum Gasteiger partial charge on any atom is 0.259 e. The van der Waals surface area contributed by atoms with E-state index in [1.165, 1.54) is 30.5 Å². The molecule has 1 aliphatic heterocycles. The molecule has 2 heterocycles. The van der Waals surface area contributed by atoms with Crippen molar-refractivity contribution >= 4 is 29.1 Å². The summed E-state index contributed by atoms with van der Waals surface area (Å²) in [5, 5.41) is 5.31. The normalized spacial score (nSPS) is 15.6. The topological polar surface area (TPSA) is 91.7 Å². The third-order valence-corrected chi connectivity index (χ3v) is 5.93. The average molecular weight is 464 g/mol. The lowest BCUT2D eigenvalue weighted by molar-refractivity contribution is -0.133. The van der Waals surface area contributed by atoms with E-state index in [9.17, 15) is 18.8 Å². The van der Waals surface area contributed by atoms with Crippen LogP contribution in [0.15, 0.2) is 65.3 Å². The number of nitrogens with one attached hydrogen (secondary N) is 2. The minimum absolute atomic E-state index is 0.00924. The second-order valence-corrected chi connectivity index (χ2v) is 8.37. The van der Waals surface area contributed by atoms with Crippen LogP contribution in [0.5, 0.6) is 0 Å². The molecule has 3 amide bonds. The molecule has 2 aromatic carbocycles. The highest BCUT2D eigenvalue weighted by Gasteiger charge is 2.28. The van der Waals surface area contributed by atoms with Crippen LogP contribution < -0.4 is 10.6 Å². The summed E-state index contributed by atoms with van der Waals surface area (Å²) in [6, 6.07) is 15.0. The van der Waals surface area contributed by atoms with Gasteiger partial charge in [-0.1, -0.05) is 30.3 Å². The van der Waals surface area contributed by atoms with E-state index < -0.39 is 11.7 Å². The van der Waals surface area contributed by atoms with Gasteiger partial charge in [0.25, 0.3) is 5.91 Å². The van der Waals surface area contributed by atoms with Crippen molar-refractivity contribution in [2.24, 2.45) is 5.92 Å². The zero-order chi connectivity index (χ0) is 24.1. The quantitative estimate of drug-likeness (QED) is 0.567. The van der Waals surface area contributed by atoms with Crippen LogP contribution in [0.4, 0.5) is 15.8 Å². The summed E-state index contributed by atoms with van der Waals surface area (Å²) in [6.07, 6.45) is 3.07. The van der Waals surface area contributed by atoms with Crippen molar-refractivity contribution in [3.8, 4) is 0 Å². The van der Waals surface area contributed by atoms with Gasteiger partial charge in [-0.25, -0.2) is 4.39 Å². The lowest BCUT2D eigenvalue weighted by atomic mass is 9.96. The number of carbonyl (C=O) groups excluding carboxylic acids is 3. The molecule has 0 aliphatic carbocycles. The minimum atomic E-state index is -0.622. The van der Waals surface area contributed by atoms with Crippen LogP contribution in [0.25, 0.3) is 0 Å². The SMILES string of the molecule is Cc1occc1C(=O)Nc1cc(NC(=O)C2CCCN(C(=O)Cc3ccccc3)C2)ccc1F.